The van der Waals surface area contributed by atoms with E-state index in [-0.39, 0.29) is 20.6 Å². The summed E-state index contributed by atoms with van der Waals surface area (Å²) in [5.41, 5.74) is -5.35. The van der Waals surface area contributed by atoms with Crippen LogP contribution in [0.3, 0.4) is 0 Å². The number of carbonyl (C=O) groups is 1. The number of carbonyl (C=O) groups excluding carboxylic acids is 1. The Hall–Kier alpha value is -2.29. The van der Waals surface area contributed by atoms with Crippen molar-refractivity contribution in [1.29, 1.82) is 0 Å². The lowest BCUT2D eigenvalue weighted by Crippen LogP contribution is -2.29. The van der Waals surface area contributed by atoms with Crippen LogP contribution in [0.5, 0.6) is 5.75 Å². The average molecular weight is 333 g/mol. The van der Waals surface area contributed by atoms with Crippen molar-refractivity contribution in [1.82, 2.24) is 3.97 Å². The van der Waals surface area contributed by atoms with Gasteiger partial charge in [0.15, 0.2) is 0 Å². The number of esters is 1. The second kappa shape index (κ2) is 5.16. The van der Waals surface area contributed by atoms with Gasteiger partial charge >= 0.3 is 21.5 Å². The summed E-state index contributed by atoms with van der Waals surface area (Å²) in [6.07, 6.45) is 2.10. The molecule has 5 nitrogen and oxygen atoms in total. The summed E-state index contributed by atoms with van der Waals surface area (Å²) >= 11 is 0. The summed E-state index contributed by atoms with van der Waals surface area (Å²) in [5.74, 6) is -0.738. The van der Waals surface area contributed by atoms with Crippen molar-refractivity contribution >= 4 is 33.0 Å². The number of aromatic nitrogens is 1. The van der Waals surface area contributed by atoms with E-state index in [0.717, 1.165) is 19.2 Å². The van der Waals surface area contributed by atoms with Gasteiger partial charge in [-0.15, -0.1) is 0 Å². The fourth-order valence-corrected chi connectivity index (χ4v) is 2.78. The molecule has 0 atom stereocenters. The Morgan fingerprint density at radius 1 is 1.32 bits per heavy atom. The number of alkyl halides is 3. The van der Waals surface area contributed by atoms with E-state index in [0.29, 0.717) is 5.56 Å². The number of halogens is 3. The maximum absolute atomic E-state index is 12.7. The Bertz CT molecular complexity index is 865. The van der Waals surface area contributed by atoms with E-state index in [2.05, 4.69) is 6.58 Å². The molecule has 2 aromatic rings. The van der Waals surface area contributed by atoms with Gasteiger partial charge in [0, 0.05) is 24.1 Å². The first kappa shape index (κ1) is 16.1. The van der Waals surface area contributed by atoms with Crippen LogP contribution in [0.15, 0.2) is 31.0 Å². The summed E-state index contributed by atoms with van der Waals surface area (Å²) in [6, 6.07) is 3.63. The van der Waals surface area contributed by atoms with E-state index in [1.807, 2.05) is 0 Å². The maximum Gasteiger partial charge on any atom is 0.517 e. The number of fused-ring (bicyclic) bond motifs is 1. The minimum Gasteiger partial charge on any atom is -0.425 e. The molecule has 0 unspecified atom stereocenters. The molecule has 0 saturated carbocycles. The van der Waals surface area contributed by atoms with Crippen LogP contribution >= 0.6 is 0 Å². The van der Waals surface area contributed by atoms with E-state index in [9.17, 15) is 26.4 Å². The van der Waals surface area contributed by atoms with E-state index in [1.54, 1.807) is 0 Å². The minimum absolute atomic E-state index is 0.0453. The fourth-order valence-electron chi connectivity index (χ4n) is 1.92. The molecule has 0 fully saturated rings. The normalized spacial score (nSPS) is 12.4. The molecule has 1 aromatic carbocycles. The van der Waals surface area contributed by atoms with Crippen LogP contribution in [0.1, 0.15) is 12.5 Å². The standard InChI is InChI=1S/C13H10F3NO4S/c1-3-9-4-5-11-10(12(9)21-8(2)18)6-7-17(11)22(19,20)13(14,15)16/h3-7H,1H2,2H3. The zero-order valence-electron chi connectivity index (χ0n) is 11.2. The largest absolute Gasteiger partial charge is 0.517 e. The third-order valence-corrected chi connectivity index (χ3v) is 4.26. The van der Waals surface area contributed by atoms with Crippen LogP contribution in [0.4, 0.5) is 13.2 Å². The molecule has 22 heavy (non-hydrogen) atoms. The molecule has 2 rings (SSSR count). The summed E-state index contributed by atoms with van der Waals surface area (Å²) in [6.45, 7) is 4.62. The Morgan fingerprint density at radius 2 is 1.95 bits per heavy atom. The number of hydrogen-bond acceptors (Lipinski definition) is 4. The van der Waals surface area contributed by atoms with Gasteiger partial charge in [0.1, 0.15) is 5.75 Å². The summed E-state index contributed by atoms with van der Waals surface area (Å²) in [5, 5.41) is 0.0559. The highest BCUT2D eigenvalue weighted by atomic mass is 32.2. The highest BCUT2D eigenvalue weighted by Gasteiger charge is 2.47. The molecule has 0 spiro atoms. The van der Waals surface area contributed by atoms with Crippen molar-refractivity contribution in [2.75, 3.05) is 0 Å². The van der Waals surface area contributed by atoms with Gasteiger partial charge in [-0.05, 0) is 18.2 Å². The third-order valence-electron chi connectivity index (χ3n) is 2.83. The van der Waals surface area contributed by atoms with Crippen molar-refractivity contribution in [2.45, 2.75) is 12.4 Å². The molecular weight excluding hydrogens is 323 g/mol. The monoisotopic (exact) mass is 333 g/mol. The topological polar surface area (TPSA) is 65.4 Å². The van der Waals surface area contributed by atoms with Gasteiger partial charge in [0.2, 0.25) is 0 Å². The van der Waals surface area contributed by atoms with Gasteiger partial charge < -0.3 is 4.74 Å². The van der Waals surface area contributed by atoms with Crippen molar-refractivity contribution in [3.63, 3.8) is 0 Å². The molecule has 0 aliphatic rings. The average Bonchev–Trinajstić information content (AvgIpc) is 2.81. The summed E-state index contributed by atoms with van der Waals surface area (Å²) in [4.78, 5) is 11.1. The van der Waals surface area contributed by atoms with Gasteiger partial charge in [0.05, 0.1) is 5.52 Å². The van der Waals surface area contributed by atoms with Gasteiger partial charge in [-0.25, -0.2) is 3.97 Å². The lowest BCUT2D eigenvalue weighted by molar-refractivity contribution is -0.131. The zero-order valence-corrected chi connectivity index (χ0v) is 12.0. The van der Waals surface area contributed by atoms with Crippen molar-refractivity contribution in [2.24, 2.45) is 0 Å². The van der Waals surface area contributed by atoms with Crippen LogP contribution in [0.2, 0.25) is 0 Å². The van der Waals surface area contributed by atoms with Gasteiger partial charge in [-0.2, -0.15) is 21.6 Å². The Morgan fingerprint density at radius 3 is 2.45 bits per heavy atom. The molecule has 118 valence electrons. The smallest absolute Gasteiger partial charge is 0.425 e. The van der Waals surface area contributed by atoms with Crippen LogP contribution < -0.4 is 4.74 Å². The van der Waals surface area contributed by atoms with Crippen molar-refractivity contribution < 1.29 is 31.1 Å². The third kappa shape index (κ3) is 2.47. The van der Waals surface area contributed by atoms with E-state index in [1.165, 1.54) is 18.2 Å². The first-order valence-electron chi connectivity index (χ1n) is 5.86. The van der Waals surface area contributed by atoms with Gasteiger partial charge in [0.25, 0.3) is 0 Å². The first-order chi connectivity index (χ1) is 10.1. The van der Waals surface area contributed by atoms with Crippen LogP contribution in [0.25, 0.3) is 17.0 Å². The molecular formula is C13H10F3NO4S. The lowest BCUT2D eigenvalue weighted by Gasteiger charge is -2.12. The zero-order chi connectivity index (χ0) is 16.7. The van der Waals surface area contributed by atoms with Crippen LogP contribution in [0, 0.1) is 0 Å². The van der Waals surface area contributed by atoms with Crippen molar-refractivity contribution in [3.05, 3.63) is 36.5 Å². The molecule has 0 saturated heterocycles. The molecule has 0 radical (unpaired) electrons. The predicted molar refractivity (Wildman–Crippen MR) is 73.7 cm³/mol. The van der Waals surface area contributed by atoms with Gasteiger partial charge in [-0.1, -0.05) is 12.7 Å². The first-order valence-corrected chi connectivity index (χ1v) is 7.30. The summed E-state index contributed by atoms with van der Waals surface area (Å²) in [7, 11) is -5.57. The molecule has 0 aliphatic heterocycles. The summed E-state index contributed by atoms with van der Waals surface area (Å²) < 4.78 is 66.1. The Balaban J connectivity index is 2.79. The van der Waals surface area contributed by atoms with Crippen LogP contribution in [-0.4, -0.2) is 23.9 Å². The number of nitrogens with zero attached hydrogens (tertiary/aromatic N) is 1. The SMILES string of the molecule is C=Cc1ccc2c(ccn2S(=O)(=O)C(F)(F)F)c1OC(C)=O. The fraction of sp³-hybridized carbons (Fsp3) is 0.154. The Labute approximate surface area is 123 Å². The molecule has 9 heteroatoms. The highest BCUT2D eigenvalue weighted by molar-refractivity contribution is 7.90. The number of rotatable bonds is 3. The lowest BCUT2D eigenvalue weighted by atomic mass is 10.1. The quantitative estimate of drug-likeness (QED) is 0.640. The van der Waals surface area contributed by atoms with Crippen molar-refractivity contribution in [3.8, 4) is 5.75 Å². The molecule has 0 N–H and O–H groups in total. The molecule has 0 bridgehead atoms. The predicted octanol–water partition coefficient (Wildman–Crippen LogP) is 2.91. The number of hydrogen-bond donors (Lipinski definition) is 0. The maximum atomic E-state index is 12.7. The Kier molecular flexibility index (Phi) is 3.78. The van der Waals surface area contributed by atoms with E-state index >= 15 is 0 Å². The second-order valence-electron chi connectivity index (χ2n) is 4.28. The van der Waals surface area contributed by atoms with E-state index < -0.39 is 21.5 Å². The van der Waals surface area contributed by atoms with Gasteiger partial charge in [-0.3, -0.25) is 4.79 Å². The second-order valence-corrected chi connectivity index (χ2v) is 6.08. The van der Waals surface area contributed by atoms with E-state index in [4.69, 9.17) is 4.74 Å². The number of benzene rings is 1. The molecule has 1 heterocycles. The highest BCUT2D eigenvalue weighted by Crippen LogP contribution is 2.35. The molecule has 0 amide bonds. The molecule has 1 aromatic heterocycles. The number of ether oxygens (including phenoxy) is 1. The van der Waals surface area contributed by atoms with Crippen LogP contribution in [-0.2, 0) is 14.8 Å². The minimum atomic E-state index is -5.57. The molecule has 0 aliphatic carbocycles.